The number of rotatable bonds is 3. The normalized spacial score (nSPS) is 11.0. The fourth-order valence-corrected chi connectivity index (χ4v) is 3.25. The molecule has 128 valence electrons. The fourth-order valence-electron chi connectivity index (χ4n) is 3.25. The van der Waals surface area contributed by atoms with Gasteiger partial charge in [0, 0.05) is 35.4 Å². The van der Waals surface area contributed by atoms with Crippen LogP contribution >= 0.6 is 0 Å². The Morgan fingerprint density at radius 2 is 1.48 bits per heavy atom. The summed E-state index contributed by atoms with van der Waals surface area (Å²) in [5.41, 5.74) is 7.16. The Hall–Kier alpha value is -3.79. The molecule has 4 nitrogen and oxygen atoms in total. The molecule has 0 aliphatic carbocycles. The van der Waals surface area contributed by atoms with E-state index in [9.17, 15) is 0 Å². The van der Waals surface area contributed by atoms with E-state index in [2.05, 4.69) is 57.4 Å². The van der Waals surface area contributed by atoms with Crippen molar-refractivity contribution in [3.05, 3.63) is 97.7 Å². The topological polar surface area (TPSA) is 43.6 Å². The molecule has 0 aliphatic rings. The zero-order chi connectivity index (χ0) is 18.1. The summed E-state index contributed by atoms with van der Waals surface area (Å²) < 4.78 is 2.02. The van der Waals surface area contributed by atoms with Gasteiger partial charge in [-0.05, 0) is 35.4 Å². The maximum absolute atomic E-state index is 4.68. The molecule has 27 heavy (non-hydrogen) atoms. The molecule has 3 heterocycles. The lowest BCUT2D eigenvalue weighted by Crippen LogP contribution is -1.94. The second kappa shape index (κ2) is 6.50. The molecule has 0 unspecified atom stereocenters. The molecule has 0 fully saturated rings. The third-order valence-electron chi connectivity index (χ3n) is 4.61. The Kier molecular flexibility index (Phi) is 3.72. The standard InChI is InChI=1S/C23H16N4/c1-2-6-17(7-3-1)20-13-22-23(25-15-20)27(16-26-22)21-10-4-8-18(12-21)19-9-5-11-24-14-19/h1-16H. The Morgan fingerprint density at radius 3 is 2.33 bits per heavy atom. The largest absolute Gasteiger partial charge is 0.283 e. The first-order valence-electron chi connectivity index (χ1n) is 8.78. The second-order valence-corrected chi connectivity index (χ2v) is 6.34. The maximum atomic E-state index is 4.68. The predicted octanol–water partition coefficient (Wildman–Crippen LogP) is 5.15. The van der Waals surface area contributed by atoms with Gasteiger partial charge in [-0.15, -0.1) is 0 Å². The van der Waals surface area contributed by atoms with Crippen molar-refractivity contribution in [3.8, 4) is 27.9 Å². The van der Waals surface area contributed by atoms with Crippen molar-refractivity contribution < 1.29 is 0 Å². The maximum Gasteiger partial charge on any atom is 0.164 e. The van der Waals surface area contributed by atoms with Gasteiger partial charge in [0.1, 0.15) is 11.8 Å². The summed E-state index contributed by atoms with van der Waals surface area (Å²) in [5, 5.41) is 0. The number of pyridine rings is 2. The molecule has 0 bridgehead atoms. The van der Waals surface area contributed by atoms with Crippen LogP contribution in [0.4, 0.5) is 0 Å². The zero-order valence-electron chi connectivity index (χ0n) is 14.5. The lowest BCUT2D eigenvalue weighted by Gasteiger charge is -2.07. The van der Waals surface area contributed by atoms with E-state index in [1.165, 1.54) is 0 Å². The molecule has 0 aliphatic heterocycles. The van der Waals surface area contributed by atoms with Crippen LogP contribution < -0.4 is 0 Å². The highest BCUT2D eigenvalue weighted by Crippen LogP contribution is 2.25. The number of hydrogen-bond acceptors (Lipinski definition) is 3. The Labute approximate surface area is 156 Å². The van der Waals surface area contributed by atoms with Crippen molar-refractivity contribution >= 4 is 11.2 Å². The Morgan fingerprint density at radius 1 is 0.630 bits per heavy atom. The van der Waals surface area contributed by atoms with Gasteiger partial charge in [-0.25, -0.2) is 9.97 Å². The summed E-state index contributed by atoms with van der Waals surface area (Å²) in [6.07, 6.45) is 7.39. The number of nitrogens with zero attached hydrogens (tertiary/aromatic N) is 4. The Bertz CT molecular complexity index is 1210. The molecule has 0 atom stereocenters. The average molecular weight is 348 g/mol. The number of imidazole rings is 1. The lowest BCUT2D eigenvalue weighted by atomic mass is 10.1. The van der Waals surface area contributed by atoms with E-state index in [1.54, 1.807) is 6.20 Å². The van der Waals surface area contributed by atoms with Gasteiger partial charge < -0.3 is 0 Å². The molecule has 0 saturated carbocycles. The van der Waals surface area contributed by atoms with Gasteiger partial charge in [0.2, 0.25) is 0 Å². The SMILES string of the molecule is c1ccc(-c2cnc3c(c2)ncn3-c2cccc(-c3cccnc3)c2)cc1. The van der Waals surface area contributed by atoms with Crippen molar-refractivity contribution in [1.29, 1.82) is 0 Å². The predicted molar refractivity (Wildman–Crippen MR) is 108 cm³/mol. The van der Waals surface area contributed by atoms with E-state index >= 15 is 0 Å². The van der Waals surface area contributed by atoms with Crippen LogP contribution in [0.2, 0.25) is 0 Å². The van der Waals surface area contributed by atoms with Crippen LogP contribution in [0, 0.1) is 0 Å². The highest BCUT2D eigenvalue weighted by atomic mass is 15.1. The molecule has 3 aromatic heterocycles. The van der Waals surface area contributed by atoms with Crippen molar-refractivity contribution in [2.24, 2.45) is 0 Å². The van der Waals surface area contributed by atoms with Gasteiger partial charge in [-0.3, -0.25) is 9.55 Å². The summed E-state index contributed by atoms with van der Waals surface area (Å²) in [5.74, 6) is 0. The van der Waals surface area contributed by atoms with Crippen molar-refractivity contribution in [1.82, 2.24) is 19.5 Å². The minimum absolute atomic E-state index is 0.845. The third-order valence-corrected chi connectivity index (χ3v) is 4.61. The summed E-state index contributed by atoms with van der Waals surface area (Å²) in [6, 6.07) is 24.6. The third kappa shape index (κ3) is 2.87. The van der Waals surface area contributed by atoms with E-state index < -0.39 is 0 Å². The summed E-state index contributed by atoms with van der Waals surface area (Å²) in [4.78, 5) is 13.5. The van der Waals surface area contributed by atoms with E-state index in [0.29, 0.717) is 0 Å². The highest BCUT2D eigenvalue weighted by Gasteiger charge is 2.09. The van der Waals surface area contributed by atoms with Gasteiger partial charge in [-0.1, -0.05) is 48.5 Å². The molecular weight excluding hydrogens is 332 g/mol. The summed E-state index contributed by atoms with van der Waals surface area (Å²) in [6.45, 7) is 0. The first kappa shape index (κ1) is 15.5. The van der Waals surface area contributed by atoms with Crippen LogP contribution in [0.5, 0.6) is 0 Å². The van der Waals surface area contributed by atoms with Crippen LogP contribution in [0.25, 0.3) is 39.1 Å². The number of aromatic nitrogens is 4. The molecule has 5 rings (SSSR count). The second-order valence-electron chi connectivity index (χ2n) is 6.34. The van der Waals surface area contributed by atoms with Crippen LogP contribution in [-0.2, 0) is 0 Å². The number of fused-ring (bicyclic) bond motifs is 1. The molecule has 0 spiro atoms. The van der Waals surface area contributed by atoms with Gasteiger partial charge in [-0.2, -0.15) is 0 Å². The van der Waals surface area contributed by atoms with E-state index in [4.69, 9.17) is 0 Å². The molecule has 0 radical (unpaired) electrons. The molecule has 0 amide bonds. The minimum atomic E-state index is 0.845. The van der Waals surface area contributed by atoms with E-state index in [1.807, 2.05) is 53.6 Å². The Balaban J connectivity index is 1.58. The molecule has 0 saturated heterocycles. The minimum Gasteiger partial charge on any atom is -0.283 e. The fraction of sp³-hybridized carbons (Fsp3) is 0. The average Bonchev–Trinajstić information content (AvgIpc) is 3.18. The molecule has 2 aromatic carbocycles. The van der Waals surface area contributed by atoms with Crippen molar-refractivity contribution in [3.63, 3.8) is 0 Å². The van der Waals surface area contributed by atoms with E-state index in [0.717, 1.165) is 39.1 Å². The van der Waals surface area contributed by atoms with Gasteiger partial charge in [0.25, 0.3) is 0 Å². The zero-order valence-corrected chi connectivity index (χ0v) is 14.5. The summed E-state index contributed by atoms with van der Waals surface area (Å²) >= 11 is 0. The van der Waals surface area contributed by atoms with Crippen LogP contribution in [-0.4, -0.2) is 19.5 Å². The molecule has 5 aromatic rings. The molecular formula is C23H16N4. The monoisotopic (exact) mass is 348 g/mol. The van der Waals surface area contributed by atoms with Crippen LogP contribution in [0.15, 0.2) is 97.7 Å². The summed E-state index contributed by atoms with van der Waals surface area (Å²) in [7, 11) is 0. The van der Waals surface area contributed by atoms with Gasteiger partial charge >= 0.3 is 0 Å². The van der Waals surface area contributed by atoms with Crippen molar-refractivity contribution in [2.75, 3.05) is 0 Å². The smallest absolute Gasteiger partial charge is 0.164 e. The molecule has 4 heteroatoms. The number of benzene rings is 2. The lowest BCUT2D eigenvalue weighted by molar-refractivity contribution is 1.07. The highest BCUT2D eigenvalue weighted by molar-refractivity contribution is 5.80. The van der Waals surface area contributed by atoms with Crippen LogP contribution in [0.3, 0.4) is 0 Å². The van der Waals surface area contributed by atoms with Crippen molar-refractivity contribution in [2.45, 2.75) is 0 Å². The van der Waals surface area contributed by atoms with E-state index in [-0.39, 0.29) is 0 Å². The first-order chi connectivity index (χ1) is 13.4. The van der Waals surface area contributed by atoms with Gasteiger partial charge in [0.15, 0.2) is 5.65 Å². The first-order valence-corrected chi connectivity index (χ1v) is 8.78. The van der Waals surface area contributed by atoms with Gasteiger partial charge in [0.05, 0.1) is 0 Å². The molecule has 0 N–H and O–H groups in total. The number of hydrogen-bond donors (Lipinski definition) is 0. The van der Waals surface area contributed by atoms with Crippen LogP contribution in [0.1, 0.15) is 0 Å². The quantitative estimate of drug-likeness (QED) is 0.453.